The summed E-state index contributed by atoms with van der Waals surface area (Å²) in [6.07, 6.45) is -4.74. The molecule has 3 aromatic carbocycles. The molecule has 0 atom stereocenters. The van der Waals surface area contributed by atoms with Gasteiger partial charge in [0.25, 0.3) is 0 Å². The molecular formula is C23H19F7O5. The molecule has 0 unspecified atom stereocenters. The van der Waals surface area contributed by atoms with Crippen LogP contribution in [0.4, 0.5) is 30.9 Å². The zero-order valence-corrected chi connectivity index (χ0v) is 18.5. The molecule has 0 aromatic heterocycles. The lowest BCUT2D eigenvalue weighted by molar-refractivity contribution is -0.274. The molecule has 12 heteroatoms. The van der Waals surface area contributed by atoms with Crippen LogP contribution in [0.3, 0.4) is 0 Å². The molecule has 5 nitrogen and oxygen atoms in total. The van der Waals surface area contributed by atoms with Gasteiger partial charge >= 0.3 is 6.36 Å². The van der Waals surface area contributed by atoms with Gasteiger partial charge in [-0.2, -0.15) is 0 Å². The Morgan fingerprint density at radius 1 is 0.714 bits per heavy atom. The van der Waals surface area contributed by atoms with Gasteiger partial charge in [-0.25, -0.2) is 13.2 Å². The van der Waals surface area contributed by atoms with E-state index in [1.54, 1.807) is 12.1 Å². The van der Waals surface area contributed by atoms with E-state index in [0.717, 1.165) is 36.4 Å². The second-order valence-electron chi connectivity index (χ2n) is 6.56. The van der Waals surface area contributed by atoms with Crippen molar-refractivity contribution in [1.29, 1.82) is 0 Å². The monoisotopic (exact) mass is 508 g/mol. The number of halogens is 7. The van der Waals surface area contributed by atoms with Gasteiger partial charge in [-0.3, -0.25) is 4.94 Å². The molecule has 0 fully saturated rings. The highest BCUT2D eigenvalue weighted by molar-refractivity contribution is 5.78. The van der Waals surface area contributed by atoms with Crippen molar-refractivity contribution in [3.63, 3.8) is 0 Å². The third kappa shape index (κ3) is 7.33. The lowest BCUT2D eigenvalue weighted by Crippen LogP contribution is -2.16. The fourth-order valence-corrected chi connectivity index (χ4v) is 2.86. The standard InChI is InChI=1S/C16H15F3O3.C7H4F4O2/c1-20-10-6-14(21-2)16(15(7-10)22-3)9-4-12(18)11(8-17)13(19)5-9;8-7(9,10)12-5-1-3-6(13-11)4-2-5/h4-7H,8H2,1-3H3;1-4H. The molecular weight excluding hydrogens is 489 g/mol. The topological polar surface area (TPSA) is 46.2 Å². The third-order valence-electron chi connectivity index (χ3n) is 4.42. The second kappa shape index (κ2) is 12.0. The SMILES string of the molecule is COc1cc(OC)c(-c2cc(F)c(CF)c(F)c2)c(OC)c1.FOc1ccc(OC(F)(F)F)cc1. The molecule has 0 saturated heterocycles. The van der Waals surface area contributed by atoms with Crippen LogP contribution in [0.25, 0.3) is 11.1 Å². The smallest absolute Gasteiger partial charge is 0.496 e. The van der Waals surface area contributed by atoms with Crippen molar-refractivity contribution in [2.75, 3.05) is 21.3 Å². The minimum absolute atomic E-state index is 0.184. The van der Waals surface area contributed by atoms with E-state index in [1.807, 2.05) is 0 Å². The van der Waals surface area contributed by atoms with E-state index in [2.05, 4.69) is 9.68 Å². The first-order valence-electron chi connectivity index (χ1n) is 9.55. The summed E-state index contributed by atoms with van der Waals surface area (Å²) in [6, 6.07) is 9.15. The molecule has 190 valence electrons. The van der Waals surface area contributed by atoms with Gasteiger partial charge in [0.05, 0.1) is 32.5 Å². The summed E-state index contributed by atoms with van der Waals surface area (Å²) >= 11 is 0. The van der Waals surface area contributed by atoms with Crippen LogP contribution in [0, 0.1) is 11.6 Å². The van der Waals surface area contributed by atoms with Crippen LogP contribution in [-0.2, 0) is 6.67 Å². The van der Waals surface area contributed by atoms with Gasteiger partial charge in [0.1, 0.15) is 41.3 Å². The molecule has 0 bridgehead atoms. The van der Waals surface area contributed by atoms with Gasteiger partial charge in [0.15, 0.2) is 5.75 Å². The van der Waals surface area contributed by atoms with Crippen molar-refractivity contribution in [3.8, 4) is 39.9 Å². The minimum atomic E-state index is -4.74. The number of rotatable bonds is 7. The van der Waals surface area contributed by atoms with Crippen molar-refractivity contribution >= 4 is 0 Å². The third-order valence-corrected chi connectivity index (χ3v) is 4.42. The van der Waals surface area contributed by atoms with Gasteiger partial charge in [-0.15, -0.1) is 13.2 Å². The van der Waals surface area contributed by atoms with Crippen LogP contribution in [0.1, 0.15) is 5.56 Å². The maximum Gasteiger partial charge on any atom is 0.573 e. The Morgan fingerprint density at radius 3 is 1.57 bits per heavy atom. The van der Waals surface area contributed by atoms with E-state index in [4.69, 9.17) is 14.2 Å². The fraction of sp³-hybridized carbons (Fsp3) is 0.217. The molecule has 0 N–H and O–H groups in total. The van der Waals surface area contributed by atoms with Gasteiger partial charge < -0.3 is 18.9 Å². The maximum absolute atomic E-state index is 13.8. The lowest BCUT2D eigenvalue weighted by Gasteiger charge is -2.16. The number of ether oxygens (including phenoxy) is 4. The van der Waals surface area contributed by atoms with Crippen molar-refractivity contribution in [1.82, 2.24) is 0 Å². The Morgan fingerprint density at radius 2 is 1.20 bits per heavy atom. The van der Waals surface area contributed by atoms with Gasteiger partial charge in [-0.05, 0) is 42.0 Å². The maximum atomic E-state index is 13.8. The predicted octanol–water partition coefficient (Wildman–Crippen LogP) is 6.98. The molecule has 0 saturated carbocycles. The van der Waals surface area contributed by atoms with Crippen LogP contribution >= 0.6 is 0 Å². The zero-order valence-electron chi connectivity index (χ0n) is 18.5. The van der Waals surface area contributed by atoms with Crippen molar-refractivity contribution in [2.45, 2.75) is 13.0 Å². The van der Waals surface area contributed by atoms with E-state index >= 15 is 0 Å². The number of hydrogen-bond acceptors (Lipinski definition) is 5. The van der Waals surface area contributed by atoms with Gasteiger partial charge in [0.2, 0.25) is 0 Å². The number of benzene rings is 3. The average Bonchev–Trinajstić information content (AvgIpc) is 2.82. The highest BCUT2D eigenvalue weighted by Gasteiger charge is 2.31. The highest BCUT2D eigenvalue weighted by atomic mass is 19.4. The Bertz CT molecular complexity index is 1070. The molecule has 35 heavy (non-hydrogen) atoms. The summed E-state index contributed by atoms with van der Waals surface area (Å²) in [4.78, 5) is 3.26. The molecule has 0 aliphatic rings. The molecule has 3 rings (SSSR count). The van der Waals surface area contributed by atoms with E-state index in [0.29, 0.717) is 22.8 Å². The Balaban J connectivity index is 0.000000283. The van der Waals surface area contributed by atoms with Crippen molar-refractivity contribution in [2.24, 2.45) is 0 Å². The summed E-state index contributed by atoms with van der Waals surface area (Å²) < 4.78 is 106. The second-order valence-corrected chi connectivity index (χ2v) is 6.56. The fourth-order valence-electron chi connectivity index (χ4n) is 2.86. The largest absolute Gasteiger partial charge is 0.573 e. The van der Waals surface area contributed by atoms with Crippen LogP contribution < -0.4 is 23.9 Å². The van der Waals surface area contributed by atoms with Crippen molar-refractivity contribution in [3.05, 3.63) is 65.7 Å². The van der Waals surface area contributed by atoms with E-state index in [-0.39, 0.29) is 11.3 Å². The Hall–Kier alpha value is -3.83. The predicted molar refractivity (Wildman–Crippen MR) is 111 cm³/mol. The van der Waals surface area contributed by atoms with E-state index in [1.165, 1.54) is 21.3 Å². The van der Waals surface area contributed by atoms with Gasteiger partial charge in [0, 0.05) is 16.7 Å². The highest BCUT2D eigenvalue weighted by Crippen LogP contribution is 2.42. The summed E-state index contributed by atoms with van der Waals surface area (Å²) in [7, 11) is 4.31. The van der Waals surface area contributed by atoms with E-state index in [9.17, 15) is 30.9 Å². The van der Waals surface area contributed by atoms with E-state index < -0.39 is 36.0 Å². The molecule has 0 aliphatic carbocycles. The van der Waals surface area contributed by atoms with Crippen LogP contribution in [-0.4, -0.2) is 27.7 Å². The molecule has 0 amide bonds. The molecule has 0 heterocycles. The van der Waals surface area contributed by atoms with Crippen LogP contribution in [0.2, 0.25) is 0 Å². The van der Waals surface area contributed by atoms with Crippen LogP contribution in [0.15, 0.2) is 48.5 Å². The summed E-state index contributed by atoms with van der Waals surface area (Å²) in [5, 5.41) is 0. The number of methoxy groups -OCH3 is 3. The normalized spacial score (nSPS) is 10.7. The number of hydrogen-bond donors (Lipinski definition) is 0. The lowest BCUT2D eigenvalue weighted by atomic mass is 10.0. The van der Waals surface area contributed by atoms with Crippen molar-refractivity contribution < 1.29 is 54.8 Å². The first kappa shape index (κ1) is 27.4. The first-order chi connectivity index (χ1) is 16.6. The molecule has 3 aromatic rings. The summed E-state index contributed by atoms with van der Waals surface area (Å²) in [5.41, 5.74) is -0.0623. The molecule has 0 aliphatic heterocycles. The summed E-state index contributed by atoms with van der Waals surface area (Å²) in [6.45, 7) is -1.21. The molecule has 0 spiro atoms. The Kier molecular flexibility index (Phi) is 9.43. The molecule has 0 radical (unpaired) electrons. The zero-order chi connectivity index (χ0) is 26.2. The van der Waals surface area contributed by atoms with Gasteiger partial charge in [-0.1, -0.05) is 0 Å². The Labute approximate surface area is 195 Å². The number of alkyl halides is 4. The average molecular weight is 508 g/mol. The summed E-state index contributed by atoms with van der Waals surface area (Å²) in [5.74, 6) is -1.41. The first-order valence-corrected chi connectivity index (χ1v) is 9.55. The van der Waals surface area contributed by atoms with Crippen LogP contribution in [0.5, 0.6) is 28.7 Å². The minimum Gasteiger partial charge on any atom is -0.496 e. The quantitative estimate of drug-likeness (QED) is 0.323.